The van der Waals surface area contributed by atoms with Crippen molar-refractivity contribution in [3.8, 4) is 10.6 Å². The summed E-state index contributed by atoms with van der Waals surface area (Å²) >= 11 is 1.86. The molecule has 1 aliphatic heterocycles. The lowest BCUT2D eigenvalue weighted by Gasteiger charge is -2.25. The Morgan fingerprint density at radius 3 is 3.00 bits per heavy atom. The Balaban J connectivity index is 1.82. The zero-order valence-corrected chi connectivity index (χ0v) is 12.7. The van der Waals surface area contributed by atoms with Crippen molar-refractivity contribution in [3.05, 3.63) is 40.4 Å². The fourth-order valence-corrected chi connectivity index (χ4v) is 3.92. The van der Waals surface area contributed by atoms with Gasteiger partial charge in [0.2, 0.25) is 0 Å². The lowest BCUT2D eigenvalue weighted by Crippen LogP contribution is -2.31. The van der Waals surface area contributed by atoms with Crippen molar-refractivity contribution in [3.63, 3.8) is 0 Å². The molecule has 0 saturated heterocycles. The predicted octanol–water partition coefficient (Wildman–Crippen LogP) is 2.83. The molecule has 0 radical (unpaired) electrons. The molecule has 3 nitrogen and oxygen atoms in total. The highest BCUT2D eigenvalue weighted by Gasteiger charge is 2.21. The van der Waals surface area contributed by atoms with E-state index in [0.29, 0.717) is 0 Å². The molecule has 0 amide bonds. The molecule has 4 heteroatoms. The maximum atomic E-state index is 5.60. The smallest absolute Gasteiger partial charge is 0.124 e. The summed E-state index contributed by atoms with van der Waals surface area (Å²) in [5.74, 6) is 0. The van der Waals surface area contributed by atoms with Crippen LogP contribution in [0.4, 0.5) is 0 Å². The quantitative estimate of drug-likeness (QED) is 0.940. The highest BCUT2D eigenvalue weighted by Crippen LogP contribution is 2.33. The molecule has 3 rings (SSSR count). The van der Waals surface area contributed by atoms with Crippen LogP contribution < -0.4 is 5.73 Å². The molecule has 0 atom stereocenters. The summed E-state index contributed by atoms with van der Waals surface area (Å²) in [7, 11) is 0. The van der Waals surface area contributed by atoms with Gasteiger partial charge in [-0.15, -0.1) is 11.3 Å². The van der Waals surface area contributed by atoms with Crippen molar-refractivity contribution >= 4 is 11.3 Å². The number of aromatic nitrogens is 1. The Morgan fingerprint density at radius 2 is 2.20 bits per heavy atom. The summed E-state index contributed by atoms with van der Waals surface area (Å²) in [6, 6.07) is 8.51. The molecule has 0 saturated carbocycles. The third-order valence-corrected chi connectivity index (χ3v) is 4.98. The van der Waals surface area contributed by atoms with Crippen LogP contribution in [0.2, 0.25) is 0 Å². The summed E-state index contributed by atoms with van der Waals surface area (Å²) in [6.07, 6.45) is 2.15. The van der Waals surface area contributed by atoms with Crippen molar-refractivity contribution < 1.29 is 0 Å². The predicted molar refractivity (Wildman–Crippen MR) is 84.9 cm³/mol. The van der Waals surface area contributed by atoms with Crippen molar-refractivity contribution in [1.82, 2.24) is 9.88 Å². The molecule has 1 aromatic heterocycles. The summed E-state index contributed by atoms with van der Waals surface area (Å²) in [6.45, 7) is 6.19. The molecular weight excluding hydrogens is 266 g/mol. The zero-order valence-electron chi connectivity index (χ0n) is 11.9. The van der Waals surface area contributed by atoms with Crippen molar-refractivity contribution in [1.29, 1.82) is 0 Å². The van der Waals surface area contributed by atoms with E-state index >= 15 is 0 Å². The van der Waals surface area contributed by atoms with Gasteiger partial charge in [-0.2, -0.15) is 0 Å². The standard InChI is InChI=1S/C16H21N3S/c1-12-5-2-3-6-13(12)16-18-14-7-10-19(9-4-8-17)11-15(14)20-16/h2-3,5-6H,4,7-11,17H2,1H3. The molecule has 20 heavy (non-hydrogen) atoms. The number of fused-ring (bicyclic) bond motifs is 1. The normalized spacial score (nSPS) is 15.3. The average molecular weight is 287 g/mol. The van der Waals surface area contributed by atoms with Crippen LogP contribution in [0.1, 0.15) is 22.6 Å². The third-order valence-electron chi connectivity index (χ3n) is 3.86. The van der Waals surface area contributed by atoms with E-state index in [1.807, 2.05) is 11.3 Å². The summed E-state index contributed by atoms with van der Waals surface area (Å²) in [5, 5.41) is 1.17. The molecule has 1 aromatic carbocycles. The largest absolute Gasteiger partial charge is 0.330 e. The highest BCUT2D eigenvalue weighted by atomic mass is 32.1. The van der Waals surface area contributed by atoms with Crippen LogP contribution in [0.5, 0.6) is 0 Å². The molecule has 2 heterocycles. The van der Waals surface area contributed by atoms with Crippen LogP contribution in [0, 0.1) is 6.92 Å². The second kappa shape index (κ2) is 6.04. The minimum absolute atomic E-state index is 0.778. The van der Waals surface area contributed by atoms with Gasteiger partial charge in [-0.1, -0.05) is 24.3 Å². The van der Waals surface area contributed by atoms with E-state index in [1.54, 1.807) is 0 Å². The molecule has 106 valence electrons. The lowest BCUT2D eigenvalue weighted by molar-refractivity contribution is 0.254. The van der Waals surface area contributed by atoms with E-state index in [2.05, 4.69) is 36.1 Å². The van der Waals surface area contributed by atoms with Crippen LogP contribution in [-0.2, 0) is 13.0 Å². The Hall–Kier alpha value is -1.23. The zero-order chi connectivity index (χ0) is 13.9. The molecule has 2 aromatic rings. The van der Waals surface area contributed by atoms with Crippen LogP contribution >= 0.6 is 11.3 Å². The molecule has 1 aliphatic rings. The number of nitrogens with two attached hydrogens (primary N) is 1. The van der Waals surface area contributed by atoms with E-state index in [4.69, 9.17) is 10.7 Å². The van der Waals surface area contributed by atoms with Crippen molar-refractivity contribution in [2.24, 2.45) is 5.73 Å². The van der Waals surface area contributed by atoms with Crippen LogP contribution in [0.15, 0.2) is 24.3 Å². The molecule has 2 N–H and O–H groups in total. The summed E-state index contributed by atoms with van der Waals surface area (Å²) in [5.41, 5.74) is 9.49. The van der Waals surface area contributed by atoms with Gasteiger partial charge in [0, 0.05) is 30.0 Å². The number of benzene rings is 1. The van der Waals surface area contributed by atoms with Gasteiger partial charge in [0.15, 0.2) is 0 Å². The minimum Gasteiger partial charge on any atom is -0.330 e. The van der Waals surface area contributed by atoms with Crippen LogP contribution in [0.3, 0.4) is 0 Å². The highest BCUT2D eigenvalue weighted by molar-refractivity contribution is 7.15. The number of aryl methyl sites for hydroxylation is 1. The number of thiazole rings is 1. The van der Waals surface area contributed by atoms with Crippen LogP contribution in [-0.4, -0.2) is 29.5 Å². The first-order valence-corrected chi connectivity index (χ1v) is 8.06. The van der Waals surface area contributed by atoms with E-state index < -0.39 is 0 Å². The van der Waals surface area contributed by atoms with E-state index in [0.717, 1.165) is 39.0 Å². The van der Waals surface area contributed by atoms with E-state index in [9.17, 15) is 0 Å². The number of hydrogen-bond donors (Lipinski definition) is 1. The first-order chi connectivity index (χ1) is 9.78. The Bertz CT molecular complexity index is 591. The van der Waals surface area contributed by atoms with Gasteiger partial charge in [-0.3, -0.25) is 4.90 Å². The monoisotopic (exact) mass is 287 g/mol. The Kier molecular flexibility index (Phi) is 4.15. The molecule has 0 bridgehead atoms. The number of nitrogens with zero attached hydrogens (tertiary/aromatic N) is 2. The number of hydrogen-bond acceptors (Lipinski definition) is 4. The maximum Gasteiger partial charge on any atom is 0.124 e. The second-order valence-electron chi connectivity index (χ2n) is 5.37. The van der Waals surface area contributed by atoms with Gasteiger partial charge in [-0.05, 0) is 32.0 Å². The van der Waals surface area contributed by atoms with Gasteiger partial charge in [0.25, 0.3) is 0 Å². The topological polar surface area (TPSA) is 42.2 Å². The van der Waals surface area contributed by atoms with Crippen molar-refractivity contribution in [2.45, 2.75) is 26.3 Å². The molecule has 0 fully saturated rings. The SMILES string of the molecule is Cc1ccccc1-c1nc2c(s1)CN(CCCN)CC2. The lowest BCUT2D eigenvalue weighted by atomic mass is 10.1. The first-order valence-electron chi connectivity index (χ1n) is 7.25. The summed E-state index contributed by atoms with van der Waals surface area (Å²) in [4.78, 5) is 8.80. The number of rotatable bonds is 4. The molecule has 0 unspecified atom stereocenters. The average Bonchev–Trinajstić information content (AvgIpc) is 2.88. The Morgan fingerprint density at radius 1 is 1.35 bits per heavy atom. The third kappa shape index (κ3) is 2.77. The maximum absolute atomic E-state index is 5.60. The van der Waals surface area contributed by atoms with Gasteiger partial charge < -0.3 is 5.73 Å². The summed E-state index contributed by atoms with van der Waals surface area (Å²) < 4.78 is 0. The molecule has 0 spiro atoms. The fourth-order valence-electron chi connectivity index (χ4n) is 2.68. The van der Waals surface area contributed by atoms with Gasteiger partial charge >= 0.3 is 0 Å². The second-order valence-corrected chi connectivity index (χ2v) is 6.46. The van der Waals surface area contributed by atoms with Gasteiger partial charge in [0.05, 0.1) is 5.69 Å². The van der Waals surface area contributed by atoms with Gasteiger partial charge in [-0.25, -0.2) is 4.98 Å². The van der Waals surface area contributed by atoms with E-state index in [1.165, 1.54) is 26.7 Å². The minimum atomic E-state index is 0.778. The first kappa shape index (κ1) is 13.7. The van der Waals surface area contributed by atoms with E-state index in [-0.39, 0.29) is 0 Å². The molecular formula is C16H21N3S. The molecule has 0 aliphatic carbocycles. The fraction of sp³-hybridized carbons (Fsp3) is 0.438. The van der Waals surface area contributed by atoms with Crippen LogP contribution in [0.25, 0.3) is 10.6 Å². The van der Waals surface area contributed by atoms with Gasteiger partial charge in [0.1, 0.15) is 5.01 Å². The van der Waals surface area contributed by atoms with Crippen molar-refractivity contribution in [2.75, 3.05) is 19.6 Å². The Labute approximate surface area is 124 Å².